The number of hydrogen-bond donors (Lipinski definition) is 1. The normalized spacial score (nSPS) is 34.7. The molecule has 2 atom stereocenters. The standard InChI is InChI=1S/C8H17N/c1-6-4-7(6)8(2,3)5-9/h6-7H,4-5,9H2,1-3H3. The summed E-state index contributed by atoms with van der Waals surface area (Å²) in [6.45, 7) is 7.67. The molecule has 0 aromatic rings. The fourth-order valence-corrected chi connectivity index (χ4v) is 1.56. The van der Waals surface area contributed by atoms with Gasteiger partial charge in [0.05, 0.1) is 0 Å². The van der Waals surface area contributed by atoms with E-state index in [1.54, 1.807) is 0 Å². The lowest BCUT2D eigenvalue weighted by molar-refractivity contribution is 0.307. The smallest absolute Gasteiger partial charge is 0.00231 e. The highest BCUT2D eigenvalue weighted by atomic mass is 14.6. The zero-order chi connectivity index (χ0) is 7.07. The van der Waals surface area contributed by atoms with Crippen molar-refractivity contribution in [3.8, 4) is 0 Å². The maximum atomic E-state index is 5.61. The molecule has 0 radical (unpaired) electrons. The van der Waals surface area contributed by atoms with Gasteiger partial charge in [0.15, 0.2) is 0 Å². The van der Waals surface area contributed by atoms with Crippen LogP contribution in [0, 0.1) is 17.3 Å². The van der Waals surface area contributed by atoms with E-state index in [1.165, 1.54) is 6.42 Å². The van der Waals surface area contributed by atoms with Crippen molar-refractivity contribution < 1.29 is 0 Å². The van der Waals surface area contributed by atoms with Crippen molar-refractivity contribution >= 4 is 0 Å². The SMILES string of the molecule is CC1CC1C(C)(C)CN. The Labute approximate surface area is 57.6 Å². The summed E-state index contributed by atoms with van der Waals surface area (Å²) >= 11 is 0. The van der Waals surface area contributed by atoms with Crippen LogP contribution < -0.4 is 5.73 Å². The van der Waals surface area contributed by atoms with Crippen molar-refractivity contribution in [3.63, 3.8) is 0 Å². The van der Waals surface area contributed by atoms with Crippen molar-refractivity contribution in [1.29, 1.82) is 0 Å². The van der Waals surface area contributed by atoms with E-state index in [1.807, 2.05) is 0 Å². The zero-order valence-corrected chi connectivity index (χ0v) is 6.65. The lowest BCUT2D eigenvalue weighted by atomic mass is 9.87. The van der Waals surface area contributed by atoms with Crippen molar-refractivity contribution in [3.05, 3.63) is 0 Å². The van der Waals surface area contributed by atoms with Gasteiger partial charge in [-0.3, -0.25) is 0 Å². The summed E-state index contributed by atoms with van der Waals surface area (Å²) in [5, 5.41) is 0. The van der Waals surface area contributed by atoms with Crippen LogP contribution in [-0.4, -0.2) is 6.54 Å². The molecule has 0 aliphatic heterocycles. The molecule has 54 valence electrons. The van der Waals surface area contributed by atoms with Crippen LogP contribution in [0.4, 0.5) is 0 Å². The van der Waals surface area contributed by atoms with E-state index in [0.29, 0.717) is 5.41 Å². The summed E-state index contributed by atoms with van der Waals surface area (Å²) in [6.07, 6.45) is 1.39. The molecule has 0 aromatic heterocycles. The number of hydrogen-bond acceptors (Lipinski definition) is 1. The third-order valence-corrected chi connectivity index (χ3v) is 2.64. The van der Waals surface area contributed by atoms with Gasteiger partial charge in [-0.1, -0.05) is 20.8 Å². The van der Waals surface area contributed by atoms with Gasteiger partial charge in [-0.25, -0.2) is 0 Å². The minimum Gasteiger partial charge on any atom is -0.330 e. The van der Waals surface area contributed by atoms with E-state index < -0.39 is 0 Å². The van der Waals surface area contributed by atoms with Crippen molar-refractivity contribution in [2.24, 2.45) is 23.0 Å². The van der Waals surface area contributed by atoms with E-state index in [0.717, 1.165) is 18.4 Å². The van der Waals surface area contributed by atoms with Crippen LogP contribution in [-0.2, 0) is 0 Å². The van der Waals surface area contributed by atoms with Gasteiger partial charge < -0.3 is 5.73 Å². The van der Waals surface area contributed by atoms with Gasteiger partial charge in [-0.2, -0.15) is 0 Å². The monoisotopic (exact) mass is 127 g/mol. The fourth-order valence-electron chi connectivity index (χ4n) is 1.56. The Bertz CT molecular complexity index is 107. The third-order valence-electron chi connectivity index (χ3n) is 2.64. The summed E-state index contributed by atoms with van der Waals surface area (Å²) in [6, 6.07) is 0. The van der Waals surface area contributed by atoms with Crippen molar-refractivity contribution in [2.75, 3.05) is 6.54 Å². The summed E-state index contributed by atoms with van der Waals surface area (Å²) in [4.78, 5) is 0. The number of nitrogens with two attached hydrogens (primary N) is 1. The highest BCUT2D eigenvalue weighted by Gasteiger charge is 2.43. The Morgan fingerprint density at radius 3 is 2.11 bits per heavy atom. The molecular weight excluding hydrogens is 110 g/mol. The first-order valence-electron chi connectivity index (χ1n) is 3.78. The van der Waals surface area contributed by atoms with Gasteiger partial charge >= 0.3 is 0 Å². The highest BCUT2D eigenvalue weighted by molar-refractivity contribution is 4.93. The molecule has 0 saturated heterocycles. The lowest BCUT2D eigenvalue weighted by Crippen LogP contribution is -2.26. The molecule has 0 bridgehead atoms. The maximum Gasteiger partial charge on any atom is -0.00231 e. The average molecular weight is 127 g/mol. The largest absolute Gasteiger partial charge is 0.330 e. The molecule has 1 aliphatic rings. The summed E-state index contributed by atoms with van der Waals surface area (Å²) in [5.41, 5.74) is 6.01. The van der Waals surface area contributed by atoms with Gasteiger partial charge in [0.25, 0.3) is 0 Å². The van der Waals surface area contributed by atoms with Crippen LogP contribution in [0.25, 0.3) is 0 Å². The van der Waals surface area contributed by atoms with Gasteiger partial charge in [0.1, 0.15) is 0 Å². The Morgan fingerprint density at radius 1 is 1.56 bits per heavy atom. The van der Waals surface area contributed by atoms with Crippen LogP contribution in [0.1, 0.15) is 27.2 Å². The number of rotatable bonds is 2. The molecule has 0 spiro atoms. The predicted octanol–water partition coefficient (Wildman–Crippen LogP) is 1.63. The molecule has 0 heterocycles. The van der Waals surface area contributed by atoms with Gasteiger partial charge in [0.2, 0.25) is 0 Å². The van der Waals surface area contributed by atoms with Crippen molar-refractivity contribution in [2.45, 2.75) is 27.2 Å². The Balaban J connectivity index is 2.41. The summed E-state index contributed by atoms with van der Waals surface area (Å²) in [7, 11) is 0. The predicted molar refractivity (Wildman–Crippen MR) is 40.1 cm³/mol. The van der Waals surface area contributed by atoms with Crippen molar-refractivity contribution in [1.82, 2.24) is 0 Å². The zero-order valence-electron chi connectivity index (χ0n) is 6.65. The van der Waals surface area contributed by atoms with E-state index >= 15 is 0 Å². The Kier molecular flexibility index (Phi) is 1.55. The van der Waals surface area contributed by atoms with Crippen LogP contribution in [0.3, 0.4) is 0 Å². The average Bonchev–Trinajstić information content (AvgIpc) is 2.47. The molecule has 0 amide bonds. The van der Waals surface area contributed by atoms with E-state index in [2.05, 4.69) is 20.8 Å². The molecule has 1 heteroatoms. The van der Waals surface area contributed by atoms with Crippen LogP contribution in [0.5, 0.6) is 0 Å². The molecule has 0 aromatic carbocycles. The molecule has 9 heavy (non-hydrogen) atoms. The van der Waals surface area contributed by atoms with Gasteiger partial charge in [-0.05, 0) is 30.2 Å². The summed E-state index contributed by atoms with van der Waals surface area (Å²) < 4.78 is 0. The fraction of sp³-hybridized carbons (Fsp3) is 1.00. The van der Waals surface area contributed by atoms with E-state index in [-0.39, 0.29) is 0 Å². The minimum atomic E-state index is 0.402. The van der Waals surface area contributed by atoms with Crippen LogP contribution in [0.15, 0.2) is 0 Å². The quantitative estimate of drug-likeness (QED) is 0.599. The Hall–Kier alpha value is -0.0400. The second-order valence-electron chi connectivity index (χ2n) is 4.01. The topological polar surface area (TPSA) is 26.0 Å². The minimum absolute atomic E-state index is 0.402. The van der Waals surface area contributed by atoms with E-state index in [9.17, 15) is 0 Å². The summed E-state index contributed by atoms with van der Waals surface area (Å²) in [5.74, 6) is 1.84. The molecule has 1 nitrogen and oxygen atoms in total. The van der Waals surface area contributed by atoms with E-state index in [4.69, 9.17) is 5.73 Å². The molecule has 1 fully saturated rings. The molecule has 2 unspecified atom stereocenters. The highest BCUT2D eigenvalue weighted by Crippen LogP contribution is 2.49. The van der Waals surface area contributed by atoms with Crippen LogP contribution >= 0.6 is 0 Å². The van der Waals surface area contributed by atoms with Gasteiger partial charge in [0, 0.05) is 0 Å². The molecule has 1 saturated carbocycles. The third kappa shape index (κ3) is 1.26. The lowest BCUT2D eigenvalue weighted by Gasteiger charge is -2.21. The first-order chi connectivity index (χ1) is 4.08. The van der Waals surface area contributed by atoms with Crippen LogP contribution in [0.2, 0.25) is 0 Å². The molecule has 1 rings (SSSR count). The first-order valence-corrected chi connectivity index (χ1v) is 3.78. The molecule has 1 aliphatic carbocycles. The first kappa shape index (κ1) is 7.07. The van der Waals surface area contributed by atoms with Gasteiger partial charge in [-0.15, -0.1) is 0 Å². The molecular formula is C8H17N. The molecule has 2 N–H and O–H groups in total. The second-order valence-corrected chi connectivity index (χ2v) is 4.01. The Morgan fingerprint density at radius 2 is 2.00 bits per heavy atom. The second kappa shape index (κ2) is 1.98. The maximum absolute atomic E-state index is 5.61.